The molecule has 0 aromatic carbocycles. The molecule has 7 heterocycles. The second-order valence-electron chi connectivity index (χ2n) is 10.9. The van der Waals surface area contributed by atoms with E-state index in [1.165, 1.54) is 35.0 Å². The van der Waals surface area contributed by atoms with Gasteiger partial charge in [0.15, 0.2) is 40.8 Å². The average Bonchev–Trinajstić information content (AvgIpc) is 3.67. The minimum Gasteiger partial charge on any atom is -0.382 e. The van der Waals surface area contributed by atoms with Gasteiger partial charge in [0.25, 0.3) is 5.56 Å². The predicted molar refractivity (Wildman–Crippen MR) is 142 cm³/mol. The smallest absolute Gasteiger partial charge is 0.382 e. The Morgan fingerprint density at radius 3 is 2.71 bits per heavy atom. The van der Waals surface area contributed by atoms with Gasteiger partial charge in [0, 0.05) is 12.3 Å². The van der Waals surface area contributed by atoms with Crippen molar-refractivity contribution in [3.8, 4) is 0 Å². The summed E-state index contributed by atoms with van der Waals surface area (Å²) in [6.45, 7) is 1.00. The van der Waals surface area contributed by atoms with Crippen LogP contribution in [0, 0.1) is 5.92 Å². The van der Waals surface area contributed by atoms with E-state index in [1.807, 2.05) is 0 Å². The Hall–Kier alpha value is -3.54. The Kier molecular flexibility index (Phi) is 6.34. The number of anilines is 2. The lowest BCUT2D eigenvalue weighted by Crippen LogP contribution is -2.36. The van der Waals surface area contributed by atoms with Crippen LogP contribution in [0.1, 0.15) is 45.1 Å². The number of hydrogen-bond donors (Lipinski definition) is 4. The normalized spacial score (nSPS) is 35.7. The Morgan fingerprint density at radius 2 is 1.88 bits per heavy atom. The number of hydrogen-bond acceptors (Lipinski definition) is 13. The van der Waals surface area contributed by atoms with Crippen LogP contribution in [0.25, 0.3) is 22.3 Å². The van der Waals surface area contributed by atoms with Gasteiger partial charge < -0.3 is 25.8 Å². The van der Waals surface area contributed by atoms with E-state index in [4.69, 9.17) is 30.0 Å². The fourth-order valence-electron chi connectivity index (χ4n) is 6.25. The van der Waals surface area contributed by atoms with E-state index < -0.39 is 62.3 Å². The standard InChI is InChI=1S/C23H28FN10O7P/c1-23(24)11-4-2-3-10-5-12(20(39-10)33-8-30-15-18(33)31-22(26)32-19(15)35)41-42(36,37)38-6-13(11)40-21(23)34-9-29-14-16(25)27-7-28-17(14)34/h7-13,20-21H,2-6H2,1H3,(H,36,37)(H2,25,27,28)(H3,26,31,32,35)/t10-,11-,12-,13-,20?,21?,23+/m1/s1. The SMILES string of the molecule is C[C@@]1(F)C(n2cnc3c(N)ncnc32)O[C@@H]2COP(=O)(O)O[C@@H]3C[C@@H](CCC[C@H]21)OC3n1cnc2c(=O)[nH]c(N)nc21. The third-order valence-corrected chi connectivity index (χ3v) is 9.19. The summed E-state index contributed by atoms with van der Waals surface area (Å²) in [5.74, 6) is -0.696. The summed E-state index contributed by atoms with van der Waals surface area (Å²) < 4.78 is 56.0. The van der Waals surface area contributed by atoms with Crippen molar-refractivity contribution in [3.63, 3.8) is 0 Å². The van der Waals surface area contributed by atoms with Crippen molar-refractivity contribution >= 4 is 41.9 Å². The summed E-state index contributed by atoms with van der Waals surface area (Å²) in [5, 5.41) is 0. The molecule has 2 bridgehead atoms. The zero-order valence-electron chi connectivity index (χ0n) is 22.2. The Balaban J connectivity index is 1.17. The summed E-state index contributed by atoms with van der Waals surface area (Å²) in [7, 11) is -4.70. The first kappa shape index (κ1) is 27.3. The summed E-state index contributed by atoms with van der Waals surface area (Å²) >= 11 is 0. The zero-order chi connectivity index (χ0) is 29.4. The molecule has 0 saturated carbocycles. The molecule has 8 atom stereocenters. The van der Waals surface area contributed by atoms with Crippen LogP contribution in [0.5, 0.6) is 0 Å². The molecule has 6 N–H and O–H groups in total. The van der Waals surface area contributed by atoms with E-state index in [9.17, 15) is 14.3 Å². The Bertz CT molecular complexity index is 1780. The van der Waals surface area contributed by atoms with Gasteiger partial charge in [-0.1, -0.05) is 6.42 Å². The molecule has 4 aromatic heterocycles. The molecule has 0 radical (unpaired) electrons. The molecule has 3 aliphatic rings. The van der Waals surface area contributed by atoms with Gasteiger partial charge in [-0.25, -0.2) is 28.9 Å². The number of nitrogens with one attached hydrogen (secondary N) is 1. The lowest BCUT2D eigenvalue weighted by Gasteiger charge is -2.28. The van der Waals surface area contributed by atoms with E-state index in [0.29, 0.717) is 30.4 Å². The van der Waals surface area contributed by atoms with Gasteiger partial charge in [0.1, 0.15) is 17.9 Å². The Morgan fingerprint density at radius 1 is 1.10 bits per heavy atom. The van der Waals surface area contributed by atoms with E-state index >= 15 is 4.39 Å². The van der Waals surface area contributed by atoms with Gasteiger partial charge in [-0.05, 0) is 19.8 Å². The highest BCUT2D eigenvalue weighted by atomic mass is 31.2. The number of phosphoric acid groups is 1. The molecule has 3 unspecified atom stereocenters. The van der Waals surface area contributed by atoms with Crippen LogP contribution < -0.4 is 17.0 Å². The predicted octanol–water partition coefficient (Wildman–Crippen LogP) is 1.34. The third-order valence-electron chi connectivity index (χ3n) is 8.18. The summed E-state index contributed by atoms with van der Waals surface area (Å²) in [4.78, 5) is 46.0. The summed E-state index contributed by atoms with van der Waals surface area (Å²) in [6.07, 6.45) is 1.25. The second kappa shape index (κ2) is 9.75. The molecule has 224 valence electrons. The molecule has 0 aliphatic carbocycles. The lowest BCUT2D eigenvalue weighted by molar-refractivity contribution is -0.0611. The second-order valence-corrected chi connectivity index (χ2v) is 12.3. The minimum atomic E-state index is -4.70. The monoisotopic (exact) mass is 606 g/mol. The minimum absolute atomic E-state index is 0.0259. The van der Waals surface area contributed by atoms with Crippen LogP contribution in [0.4, 0.5) is 16.2 Å². The number of rotatable bonds is 2. The van der Waals surface area contributed by atoms with Gasteiger partial charge >= 0.3 is 7.82 Å². The number of fused-ring (bicyclic) bond motifs is 5. The molecule has 7 rings (SSSR count). The van der Waals surface area contributed by atoms with Crippen LogP contribution in [0.15, 0.2) is 23.8 Å². The first-order valence-electron chi connectivity index (χ1n) is 13.3. The van der Waals surface area contributed by atoms with E-state index in [1.54, 1.807) is 0 Å². The topological polar surface area (TPSA) is 233 Å². The first-order valence-corrected chi connectivity index (χ1v) is 14.8. The van der Waals surface area contributed by atoms with Crippen molar-refractivity contribution in [1.29, 1.82) is 0 Å². The Labute approximate surface area is 236 Å². The van der Waals surface area contributed by atoms with Crippen molar-refractivity contribution < 1.29 is 32.4 Å². The number of aromatic amines is 1. The maximum atomic E-state index is 16.6. The van der Waals surface area contributed by atoms with Crippen LogP contribution in [-0.4, -0.2) is 74.5 Å². The number of nitrogens with zero attached hydrogens (tertiary/aromatic N) is 7. The highest BCUT2D eigenvalue weighted by molar-refractivity contribution is 7.47. The first-order chi connectivity index (χ1) is 20.0. The molecule has 3 aliphatic heterocycles. The number of halogens is 1. The molecule has 42 heavy (non-hydrogen) atoms. The number of alkyl halides is 1. The van der Waals surface area contributed by atoms with Gasteiger partial charge in [0.2, 0.25) is 5.95 Å². The van der Waals surface area contributed by atoms with Crippen LogP contribution >= 0.6 is 7.82 Å². The highest BCUT2D eigenvalue weighted by Crippen LogP contribution is 2.53. The van der Waals surface area contributed by atoms with E-state index in [0.717, 1.165) is 0 Å². The number of ether oxygens (including phenoxy) is 2. The maximum absolute atomic E-state index is 16.6. The number of imidazole rings is 2. The third kappa shape index (κ3) is 4.45. The van der Waals surface area contributed by atoms with Crippen molar-refractivity contribution in [2.45, 2.75) is 69.0 Å². The zero-order valence-corrected chi connectivity index (χ0v) is 23.1. The number of phosphoric ester groups is 1. The highest BCUT2D eigenvalue weighted by Gasteiger charge is 2.56. The molecule has 4 aromatic rings. The summed E-state index contributed by atoms with van der Waals surface area (Å²) in [6, 6.07) is 0. The van der Waals surface area contributed by atoms with E-state index in [2.05, 4.69) is 29.9 Å². The maximum Gasteiger partial charge on any atom is 0.472 e. The van der Waals surface area contributed by atoms with Gasteiger partial charge in [-0.2, -0.15) is 4.98 Å². The molecule has 19 heteroatoms. The van der Waals surface area contributed by atoms with Crippen molar-refractivity contribution in [2.75, 3.05) is 18.1 Å². The molecule has 3 saturated heterocycles. The quantitative estimate of drug-likeness (QED) is 0.236. The number of nitrogens with two attached hydrogens (primary N) is 2. The van der Waals surface area contributed by atoms with Gasteiger partial charge in [-0.15, -0.1) is 0 Å². The van der Waals surface area contributed by atoms with Crippen molar-refractivity contribution in [2.24, 2.45) is 5.92 Å². The molecule has 0 spiro atoms. The lowest BCUT2D eigenvalue weighted by atomic mass is 9.83. The van der Waals surface area contributed by atoms with Crippen LogP contribution in [0.2, 0.25) is 0 Å². The number of nitrogen functional groups attached to an aromatic ring is 2. The largest absolute Gasteiger partial charge is 0.472 e. The molecule has 3 fully saturated rings. The van der Waals surface area contributed by atoms with Crippen LogP contribution in [0.3, 0.4) is 0 Å². The fourth-order valence-corrected chi connectivity index (χ4v) is 7.18. The van der Waals surface area contributed by atoms with Crippen molar-refractivity contribution in [1.82, 2.24) is 39.0 Å². The fraction of sp³-hybridized carbons (Fsp3) is 0.565. The molecular formula is C23H28FN10O7P. The average molecular weight is 607 g/mol. The van der Waals surface area contributed by atoms with E-state index in [-0.39, 0.29) is 29.4 Å². The van der Waals surface area contributed by atoms with Gasteiger partial charge in [-0.3, -0.25) is 28.0 Å². The molecule has 0 amide bonds. The number of H-pyrrole nitrogens is 1. The molecule has 17 nitrogen and oxygen atoms in total. The van der Waals surface area contributed by atoms with Crippen LogP contribution in [-0.2, 0) is 23.1 Å². The molecular weight excluding hydrogens is 578 g/mol. The summed E-state index contributed by atoms with van der Waals surface area (Å²) in [5.41, 5.74) is 9.92. The number of aromatic nitrogens is 8. The van der Waals surface area contributed by atoms with Gasteiger partial charge in [0.05, 0.1) is 31.5 Å². The van der Waals surface area contributed by atoms with Crippen molar-refractivity contribution in [3.05, 3.63) is 29.3 Å².